The molecule has 0 bridgehead atoms. The molecule has 0 saturated carbocycles. The lowest BCUT2D eigenvalue weighted by atomic mass is 10.1. The fourth-order valence-corrected chi connectivity index (χ4v) is 1.40. The Bertz CT molecular complexity index is 267. The van der Waals surface area contributed by atoms with Crippen molar-refractivity contribution in [2.45, 2.75) is 25.4 Å². The van der Waals surface area contributed by atoms with Gasteiger partial charge in [-0.2, -0.15) is 13.2 Å². The molecule has 1 fully saturated rings. The number of hydrogen-bond acceptors (Lipinski definition) is 2. The van der Waals surface area contributed by atoms with Gasteiger partial charge in [0.25, 0.3) is 0 Å². The van der Waals surface area contributed by atoms with Crippen LogP contribution in [0.15, 0.2) is 11.8 Å². The minimum absolute atomic E-state index is 0.241. The number of rotatable bonds is 1. The van der Waals surface area contributed by atoms with E-state index >= 15 is 0 Å². The van der Waals surface area contributed by atoms with Crippen molar-refractivity contribution >= 4 is 5.91 Å². The summed E-state index contributed by atoms with van der Waals surface area (Å²) in [6, 6.07) is 0. The van der Waals surface area contributed by atoms with Crippen molar-refractivity contribution in [3.8, 4) is 0 Å². The Morgan fingerprint density at radius 3 is 2.20 bits per heavy atom. The minimum atomic E-state index is -4.84. The van der Waals surface area contributed by atoms with Gasteiger partial charge >= 0.3 is 6.18 Å². The molecule has 1 amide bonds. The van der Waals surface area contributed by atoms with E-state index in [0.29, 0.717) is 13.1 Å². The van der Waals surface area contributed by atoms with E-state index in [1.807, 2.05) is 0 Å². The van der Waals surface area contributed by atoms with Gasteiger partial charge in [0.2, 0.25) is 11.7 Å². The molecule has 0 aliphatic carbocycles. The maximum absolute atomic E-state index is 11.9. The number of halogens is 3. The summed E-state index contributed by atoms with van der Waals surface area (Å²) in [5.41, 5.74) is 0. The molecule has 1 saturated heterocycles. The molecule has 1 aliphatic heterocycles. The third-order valence-electron chi connectivity index (χ3n) is 2.22. The lowest BCUT2D eigenvalue weighted by molar-refractivity contribution is -0.132. The van der Waals surface area contributed by atoms with E-state index in [0.717, 1.165) is 19.3 Å². The molecule has 1 aliphatic rings. The van der Waals surface area contributed by atoms with E-state index in [1.165, 1.54) is 4.90 Å². The lowest BCUT2D eigenvalue weighted by Gasteiger charge is -2.25. The van der Waals surface area contributed by atoms with Crippen LogP contribution in [0.2, 0.25) is 0 Å². The van der Waals surface area contributed by atoms with Gasteiger partial charge in [-0.05, 0) is 19.3 Å². The Labute approximate surface area is 85.2 Å². The van der Waals surface area contributed by atoms with E-state index in [2.05, 4.69) is 0 Å². The van der Waals surface area contributed by atoms with Crippen LogP contribution in [-0.4, -0.2) is 35.2 Å². The van der Waals surface area contributed by atoms with Crippen molar-refractivity contribution in [1.82, 2.24) is 4.90 Å². The molecular weight excluding hydrogens is 211 g/mol. The Hall–Kier alpha value is -1.20. The number of alkyl halides is 3. The zero-order valence-corrected chi connectivity index (χ0v) is 8.05. The number of allylic oxidation sites excluding steroid dienone is 1. The van der Waals surface area contributed by atoms with Crippen LogP contribution in [0.25, 0.3) is 0 Å². The second-order valence-electron chi connectivity index (χ2n) is 3.41. The van der Waals surface area contributed by atoms with Crippen molar-refractivity contribution in [2.75, 3.05) is 13.1 Å². The van der Waals surface area contributed by atoms with Gasteiger partial charge in [0.05, 0.1) is 6.08 Å². The highest BCUT2D eigenvalue weighted by Gasteiger charge is 2.34. The van der Waals surface area contributed by atoms with Crippen LogP contribution < -0.4 is 0 Å². The average Bonchev–Trinajstić information content (AvgIpc) is 2.17. The molecule has 6 heteroatoms. The maximum atomic E-state index is 11.9. The number of carbonyl (C=O) groups excluding carboxylic acids is 1. The van der Waals surface area contributed by atoms with Crippen molar-refractivity contribution in [2.24, 2.45) is 0 Å². The van der Waals surface area contributed by atoms with E-state index < -0.39 is 17.8 Å². The van der Waals surface area contributed by atoms with Crippen molar-refractivity contribution in [1.29, 1.82) is 0 Å². The number of hydrogen-bond donors (Lipinski definition) is 1. The van der Waals surface area contributed by atoms with Gasteiger partial charge in [0.1, 0.15) is 0 Å². The Kier molecular flexibility index (Phi) is 3.60. The number of nitrogens with zero attached hydrogens (tertiary/aromatic N) is 1. The van der Waals surface area contributed by atoms with Crippen LogP contribution >= 0.6 is 0 Å². The minimum Gasteiger partial charge on any atom is -0.504 e. The smallest absolute Gasteiger partial charge is 0.448 e. The Balaban J connectivity index is 2.60. The first-order chi connectivity index (χ1) is 6.91. The van der Waals surface area contributed by atoms with Crippen molar-refractivity contribution < 1.29 is 23.1 Å². The topological polar surface area (TPSA) is 40.5 Å². The molecule has 3 nitrogen and oxygen atoms in total. The average molecular weight is 223 g/mol. The Morgan fingerprint density at radius 2 is 1.73 bits per heavy atom. The molecule has 0 aromatic rings. The summed E-state index contributed by atoms with van der Waals surface area (Å²) < 4.78 is 35.7. The maximum Gasteiger partial charge on any atom is 0.448 e. The fourth-order valence-electron chi connectivity index (χ4n) is 1.40. The first-order valence-corrected chi connectivity index (χ1v) is 4.68. The summed E-state index contributed by atoms with van der Waals surface area (Å²) in [7, 11) is 0. The van der Waals surface area contributed by atoms with Crippen molar-refractivity contribution in [3.63, 3.8) is 0 Å². The number of likely N-dealkylation sites (tertiary alicyclic amines) is 1. The molecule has 0 radical (unpaired) electrons. The third-order valence-corrected chi connectivity index (χ3v) is 2.22. The van der Waals surface area contributed by atoms with Gasteiger partial charge in [-0.1, -0.05) is 0 Å². The highest BCUT2D eigenvalue weighted by molar-refractivity contribution is 5.88. The zero-order valence-electron chi connectivity index (χ0n) is 8.05. The number of aliphatic hydroxyl groups is 1. The van der Waals surface area contributed by atoms with Crippen LogP contribution in [0.1, 0.15) is 19.3 Å². The summed E-state index contributed by atoms with van der Waals surface area (Å²) in [5.74, 6) is -2.61. The van der Waals surface area contributed by atoms with E-state index in [9.17, 15) is 18.0 Å². The van der Waals surface area contributed by atoms with Gasteiger partial charge in [0.15, 0.2) is 0 Å². The van der Waals surface area contributed by atoms with Crippen LogP contribution in [0.5, 0.6) is 0 Å². The lowest BCUT2D eigenvalue weighted by Crippen LogP contribution is -2.35. The van der Waals surface area contributed by atoms with Gasteiger partial charge in [-0.25, -0.2) is 0 Å². The third kappa shape index (κ3) is 3.45. The van der Waals surface area contributed by atoms with Crippen LogP contribution in [0.4, 0.5) is 13.2 Å². The van der Waals surface area contributed by atoms with E-state index in [-0.39, 0.29) is 6.08 Å². The number of amides is 1. The van der Waals surface area contributed by atoms with Gasteiger partial charge in [-0.15, -0.1) is 0 Å². The van der Waals surface area contributed by atoms with E-state index in [1.54, 1.807) is 0 Å². The summed E-state index contributed by atoms with van der Waals surface area (Å²) in [6.07, 6.45) is -2.02. The van der Waals surface area contributed by atoms with Crippen molar-refractivity contribution in [3.05, 3.63) is 11.8 Å². The molecule has 0 aromatic heterocycles. The molecule has 0 unspecified atom stereocenters. The highest BCUT2D eigenvalue weighted by Crippen LogP contribution is 2.23. The first-order valence-electron chi connectivity index (χ1n) is 4.68. The molecule has 15 heavy (non-hydrogen) atoms. The molecule has 0 spiro atoms. The molecule has 1 heterocycles. The van der Waals surface area contributed by atoms with Crippen LogP contribution in [0.3, 0.4) is 0 Å². The number of piperidine rings is 1. The summed E-state index contributed by atoms with van der Waals surface area (Å²) in [6.45, 7) is 0.918. The zero-order chi connectivity index (χ0) is 11.5. The van der Waals surface area contributed by atoms with Crippen LogP contribution in [-0.2, 0) is 4.79 Å². The summed E-state index contributed by atoms with van der Waals surface area (Å²) in [5, 5.41) is 8.58. The molecule has 86 valence electrons. The predicted molar refractivity (Wildman–Crippen MR) is 47.2 cm³/mol. The standard InChI is InChI=1S/C9H12F3NO2/c10-9(11,12)7(14)6-8(15)13-4-2-1-3-5-13/h6,14H,1-5H2. The SMILES string of the molecule is O=C(C=C(O)C(F)(F)F)N1CCCCC1. The number of aliphatic hydroxyl groups excluding tert-OH is 1. The van der Waals surface area contributed by atoms with E-state index in [4.69, 9.17) is 5.11 Å². The second-order valence-corrected chi connectivity index (χ2v) is 3.41. The van der Waals surface area contributed by atoms with Gasteiger partial charge in [0, 0.05) is 13.1 Å². The predicted octanol–water partition coefficient (Wildman–Crippen LogP) is 2.00. The summed E-state index contributed by atoms with van der Waals surface area (Å²) in [4.78, 5) is 12.6. The van der Waals surface area contributed by atoms with Gasteiger partial charge in [-0.3, -0.25) is 4.79 Å². The Morgan fingerprint density at radius 1 is 1.20 bits per heavy atom. The summed E-state index contributed by atoms with van der Waals surface area (Å²) >= 11 is 0. The fraction of sp³-hybridized carbons (Fsp3) is 0.667. The molecule has 0 aromatic carbocycles. The highest BCUT2D eigenvalue weighted by atomic mass is 19.4. The molecule has 0 atom stereocenters. The normalized spacial score (nSPS) is 19.1. The molecule has 1 rings (SSSR count). The second kappa shape index (κ2) is 4.55. The number of carbonyl (C=O) groups is 1. The van der Waals surface area contributed by atoms with Crippen LogP contribution in [0, 0.1) is 0 Å². The first kappa shape index (κ1) is 11.9. The molecular formula is C9H12F3NO2. The molecule has 1 N–H and O–H groups in total. The largest absolute Gasteiger partial charge is 0.504 e. The monoisotopic (exact) mass is 223 g/mol. The quantitative estimate of drug-likeness (QED) is 0.545. The van der Waals surface area contributed by atoms with Gasteiger partial charge < -0.3 is 10.0 Å².